The van der Waals surface area contributed by atoms with Crippen LogP contribution in [0.1, 0.15) is 49.8 Å². The third-order valence-corrected chi connectivity index (χ3v) is 6.22. The Morgan fingerprint density at radius 1 is 0.963 bits per heavy atom. The quantitative estimate of drug-likeness (QED) is 0.568. The average molecular weight is 389 g/mol. The summed E-state index contributed by atoms with van der Waals surface area (Å²) >= 11 is 0. The summed E-state index contributed by atoms with van der Waals surface area (Å²) in [7, 11) is -3.19. The van der Waals surface area contributed by atoms with Crippen molar-refractivity contribution >= 4 is 9.84 Å². The van der Waals surface area contributed by atoms with Crippen molar-refractivity contribution in [2.24, 2.45) is 5.41 Å². The molecule has 0 N–H and O–H groups in total. The summed E-state index contributed by atoms with van der Waals surface area (Å²) in [6, 6.07) is 18.0. The van der Waals surface area contributed by atoms with Crippen molar-refractivity contribution in [2.75, 3.05) is 24.7 Å². The third-order valence-electron chi connectivity index (χ3n) is 4.47. The molecule has 1 unspecified atom stereocenters. The third kappa shape index (κ3) is 7.47. The smallest absolute Gasteiger partial charge is 0.151 e. The van der Waals surface area contributed by atoms with E-state index in [1.807, 2.05) is 61.5 Å². The second-order valence-corrected chi connectivity index (χ2v) is 10.6. The molecule has 0 saturated heterocycles. The lowest BCUT2D eigenvalue weighted by Gasteiger charge is -2.21. The topological polar surface area (TPSA) is 43.4 Å². The molecular formula is C23H32O3S. The minimum atomic E-state index is -3.19. The largest absolute Gasteiger partial charge is 0.381 e. The van der Waals surface area contributed by atoms with E-state index in [4.69, 9.17) is 4.74 Å². The highest BCUT2D eigenvalue weighted by atomic mass is 32.2. The Balaban J connectivity index is 2.07. The zero-order valence-corrected chi connectivity index (χ0v) is 17.8. The Kier molecular flexibility index (Phi) is 7.63. The molecule has 0 radical (unpaired) electrons. The predicted octanol–water partition coefficient (Wildman–Crippen LogP) is 4.99. The van der Waals surface area contributed by atoms with Gasteiger partial charge in [0.15, 0.2) is 9.84 Å². The molecule has 0 heterocycles. The fraction of sp³-hybridized carbons (Fsp3) is 0.478. The van der Waals surface area contributed by atoms with Gasteiger partial charge in [0.1, 0.15) is 0 Å². The van der Waals surface area contributed by atoms with E-state index in [-0.39, 0.29) is 22.8 Å². The monoisotopic (exact) mass is 388 g/mol. The van der Waals surface area contributed by atoms with E-state index in [2.05, 4.69) is 20.8 Å². The molecule has 0 aromatic heterocycles. The van der Waals surface area contributed by atoms with E-state index in [0.717, 1.165) is 16.7 Å². The lowest BCUT2D eigenvalue weighted by atomic mass is 9.90. The van der Waals surface area contributed by atoms with Gasteiger partial charge in [0.25, 0.3) is 0 Å². The molecule has 27 heavy (non-hydrogen) atoms. The average Bonchev–Trinajstić information content (AvgIpc) is 2.60. The number of hydrogen-bond donors (Lipinski definition) is 0. The van der Waals surface area contributed by atoms with Crippen LogP contribution in [-0.2, 0) is 14.6 Å². The number of aryl methyl sites for hydroxylation is 1. The maximum atomic E-state index is 12.8. The Morgan fingerprint density at radius 2 is 1.59 bits per heavy atom. The van der Waals surface area contributed by atoms with Crippen LogP contribution in [0, 0.1) is 12.3 Å². The van der Waals surface area contributed by atoms with Crippen LogP contribution < -0.4 is 0 Å². The molecule has 148 valence electrons. The fourth-order valence-electron chi connectivity index (χ4n) is 3.13. The molecule has 0 aliphatic rings. The standard InChI is InChI=1S/C23H32O3S/c1-19-11-8-9-14-21(19)22(20-12-6-5-7-13-20)17-27(24,25)16-10-15-26-18-23(2,3)4/h5-9,11-14,22H,10,15-18H2,1-4H3. The van der Waals surface area contributed by atoms with E-state index in [1.165, 1.54) is 0 Å². The molecule has 0 aliphatic heterocycles. The first-order valence-electron chi connectivity index (χ1n) is 9.57. The van der Waals surface area contributed by atoms with Gasteiger partial charge in [-0.3, -0.25) is 0 Å². The Bertz CT molecular complexity index is 805. The maximum absolute atomic E-state index is 12.8. The molecule has 0 fully saturated rings. The van der Waals surface area contributed by atoms with Gasteiger partial charge < -0.3 is 4.74 Å². The van der Waals surface area contributed by atoms with Crippen molar-refractivity contribution < 1.29 is 13.2 Å². The molecule has 0 aliphatic carbocycles. The van der Waals surface area contributed by atoms with Crippen molar-refractivity contribution in [3.05, 3.63) is 71.3 Å². The van der Waals surface area contributed by atoms with Crippen LogP contribution in [0.25, 0.3) is 0 Å². The Morgan fingerprint density at radius 3 is 2.22 bits per heavy atom. The molecule has 0 bridgehead atoms. The first-order valence-corrected chi connectivity index (χ1v) is 11.4. The van der Waals surface area contributed by atoms with Crippen molar-refractivity contribution in [1.82, 2.24) is 0 Å². The van der Waals surface area contributed by atoms with E-state index in [9.17, 15) is 8.42 Å². The van der Waals surface area contributed by atoms with Gasteiger partial charge in [-0.1, -0.05) is 75.4 Å². The Hall–Kier alpha value is -1.65. The second kappa shape index (κ2) is 9.52. The molecule has 2 aromatic rings. The first kappa shape index (κ1) is 21.6. The van der Waals surface area contributed by atoms with Gasteiger partial charge in [-0.2, -0.15) is 0 Å². The normalized spacial score (nSPS) is 13.5. The van der Waals surface area contributed by atoms with Crippen LogP contribution >= 0.6 is 0 Å². The summed E-state index contributed by atoms with van der Waals surface area (Å²) in [5.41, 5.74) is 3.34. The van der Waals surface area contributed by atoms with Gasteiger partial charge in [0.05, 0.1) is 18.1 Å². The van der Waals surface area contributed by atoms with Gasteiger partial charge in [-0.15, -0.1) is 0 Å². The molecule has 3 nitrogen and oxygen atoms in total. The minimum Gasteiger partial charge on any atom is -0.381 e. The van der Waals surface area contributed by atoms with Gasteiger partial charge in [0, 0.05) is 12.5 Å². The van der Waals surface area contributed by atoms with E-state index >= 15 is 0 Å². The number of hydrogen-bond acceptors (Lipinski definition) is 3. The lowest BCUT2D eigenvalue weighted by molar-refractivity contribution is 0.0720. The molecule has 1 atom stereocenters. The number of benzene rings is 2. The van der Waals surface area contributed by atoms with Gasteiger partial charge >= 0.3 is 0 Å². The molecule has 4 heteroatoms. The van der Waals surface area contributed by atoms with Crippen molar-refractivity contribution in [3.63, 3.8) is 0 Å². The fourth-order valence-corrected chi connectivity index (χ4v) is 4.73. The SMILES string of the molecule is Cc1ccccc1C(CS(=O)(=O)CCCOCC(C)(C)C)c1ccccc1. The summed E-state index contributed by atoms with van der Waals surface area (Å²) in [5, 5.41) is 0. The van der Waals surface area contributed by atoms with Crippen LogP contribution in [0.5, 0.6) is 0 Å². The summed E-state index contributed by atoms with van der Waals surface area (Å²) in [4.78, 5) is 0. The van der Waals surface area contributed by atoms with Crippen LogP contribution in [0.15, 0.2) is 54.6 Å². The zero-order chi connectivity index (χ0) is 19.9. The van der Waals surface area contributed by atoms with E-state index in [1.54, 1.807) is 0 Å². The molecule has 2 aromatic carbocycles. The van der Waals surface area contributed by atoms with Crippen molar-refractivity contribution in [2.45, 2.75) is 40.0 Å². The number of rotatable bonds is 9. The van der Waals surface area contributed by atoms with Crippen LogP contribution in [0.2, 0.25) is 0 Å². The van der Waals surface area contributed by atoms with Crippen molar-refractivity contribution in [1.29, 1.82) is 0 Å². The maximum Gasteiger partial charge on any atom is 0.151 e. The van der Waals surface area contributed by atoms with Crippen molar-refractivity contribution in [3.8, 4) is 0 Å². The predicted molar refractivity (Wildman–Crippen MR) is 113 cm³/mol. The van der Waals surface area contributed by atoms with E-state index in [0.29, 0.717) is 19.6 Å². The zero-order valence-electron chi connectivity index (χ0n) is 16.9. The first-order chi connectivity index (χ1) is 12.7. The highest BCUT2D eigenvalue weighted by Crippen LogP contribution is 2.29. The van der Waals surface area contributed by atoms with E-state index < -0.39 is 9.84 Å². The number of ether oxygens (including phenoxy) is 1. The minimum absolute atomic E-state index is 0.0993. The van der Waals surface area contributed by atoms with Crippen LogP contribution in [0.4, 0.5) is 0 Å². The molecule has 0 saturated carbocycles. The van der Waals surface area contributed by atoms with Gasteiger partial charge in [-0.05, 0) is 35.4 Å². The lowest BCUT2D eigenvalue weighted by Crippen LogP contribution is -2.21. The summed E-state index contributed by atoms with van der Waals surface area (Å²) in [5.74, 6) is 0.140. The number of sulfone groups is 1. The molecule has 0 spiro atoms. The molecule has 2 rings (SSSR count). The summed E-state index contributed by atoms with van der Waals surface area (Å²) < 4.78 is 31.2. The Labute approximate surface area is 164 Å². The van der Waals surface area contributed by atoms with Gasteiger partial charge in [-0.25, -0.2) is 8.42 Å². The summed E-state index contributed by atoms with van der Waals surface area (Å²) in [6.07, 6.45) is 0.535. The molecular weight excluding hydrogens is 356 g/mol. The van der Waals surface area contributed by atoms with Crippen LogP contribution in [0.3, 0.4) is 0 Å². The highest BCUT2D eigenvalue weighted by molar-refractivity contribution is 7.91. The highest BCUT2D eigenvalue weighted by Gasteiger charge is 2.23. The summed E-state index contributed by atoms with van der Waals surface area (Å²) in [6.45, 7) is 9.49. The van der Waals surface area contributed by atoms with Gasteiger partial charge in [0.2, 0.25) is 0 Å². The second-order valence-electron chi connectivity index (χ2n) is 8.40. The molecule has 0 amide bonds. The van der Waals surface area contributed by atoms with Crippen LogP contribution in [-0.4, -0.2) is 33.1 Å².